The summed E-state index contributed by atoms with van der Waals surface area (Å²) < 4.78 is 0. The Balaban J connectivity index is 1.78. The number of rotatable bonds is 5. The van der Waals surface area contributed by atoms with Crippen LogP contribution in [0.25, 0.3) is 0 Å². The predicted molar refractivity (Wildman–Crippen MR) is 69.8 cm³/mol. The Morgan fingerprint density at radius 2 is 1.82 bits per heavy atom. The number of hydrogen-bond donors (Lipinski definition) is 1. The van der Waals surface area contributed by atoms with Gasteiger partial charge in [0.1, 0.15) is 0 Å². The molecule has 0 heterocycles. The minimum Gasteiger partial charge on any atom is -0.352 e. The first-order chi connectivity index (χ1) is 8.22. The molecular formula is C14H26N2O. The first kappa shape index (κ1) is 12.9. The number of fused-ring (bicyclic) bond motifs is 3. The second-order valence-electron chi connectivity index (χ2n) is 5.65. The summed E-state index contributed by atoms with van der Waals surface area (Å²) in [6, 6.07) is 0.477. The van der Waals surface area contributed by atoms with Gasteiger partial charge < -0.3 is 5.32 Å². The van der Waals surface area contributed by atoms with Crippen LogP contribution in [-0.2, 0) is 4.79 Å². The van der Waals surface area contributed by atoms with Gasteiger partial charge in [-0.15, -0.1) is 0 Å². The van der Waals surface area contributed by atoms with Crippen LogP contribution < -0.4 is 5.32 Å². The standard InChI is InChI=1S/C14H26N2O/c1-3-16(4-2)10-14(17)15-13-9-11-5-7-12(13)8-6-11/h11-13H,3-10H2,1-2H3,(H,15,17). The summed E-state index contributed by atoms with van der Waals surface area (Å²) in [5.41, 5.74) is 0. The predicted octanol–water partition coefficient (Wildman–Crippen LogP) is 2.02. The molecule has 0 spiro atoms. The molecule has 1 N–H and O–H groups in total. The lowest BCUT2D eigenvalue weighted by molar-refractivity contribution is -0.124. The molecule has 3 aliphatic rings. The molecule has 17 heavy (non-hydrogen) atoms. The summed E-state index contributed by atoms with van der Waals surface area (Å²) in [5, 5.41) is 3.27. The van der Waals surface area contributed by atoms with Gasteiger partial charge in [0.05, 0.1) is 6.54 Å². The van der Waals surface area contributed by atoms with Gasteiger partial charge in [-0.25, -0.2) is 0 Å². The van der Waals surface area contributed by atoms with Crippen molar-refractivity contribution in [2.75, 3.05) is 19.6 Å². The van der Waals surface area contributed by atoms with Crippen LogP contribution in [0.15, 0.2) is 0 Å². The van der Waals surface area contributed by atoms with Gasteiger partial charge in [-0.05, 0) is 44.2 Å². The Labute approximate surface area is 105 Å². The van der Waals surface area contributed by atoms with Gasteiger partial charge in [0.15, 0.2) is 0 Å². The fraction of sp³-hybridized carbons (Fsp3) is 0.929. The van der Waals surface area contributed by atoms with E-state index in [0.29, 0.717) is 12.6 Å². The van der Waals surface area contributed by atoms with Crippen molar-refractivity contribution in [2.45, 2.75) is 52.0 Å². The molecule has 98 valence electrons. The molecule has 3 saturated carbocycles. The maximum absolute atomic E-state index is 12.0. The van der Waals surface area contributed by atoms with Crippen molar-refractivity contribution in [1.29, 1.82) is 0 Å². The second kappa shape index (κ2) is 5.85. The molecule has 3 fully saturated rings. The molecule has 3 rings (SSSR count). The highest BCUT2D eigenvalue weighted by Gasteiger charge is 2.36. The number of carbonyl (C=O) groups is 1. The molecule has 2 bridgehead atoms. The summed E-state index contributed by atoms with van der Waals surface area (Å²) in [4.78, 5) is 14.1. The molecule has 0 aromatic rings. The van der Waals surface area contributed by atoms with Crippen LogP contribution in [0.3, 0.4) is 0 Å². The minimum atomic E-state index is 0.228. The lowest BCUT2D eigenvalue weighted by Gasteiger charge is -2.42. The maximum atomic E-state index is 12.0. The van der Waals surface area contributed by atoms with E-state index in [1.807, 2.05) is 0 Å². The van der Waals surface area contributed by atoms with Crippen molar-refractivity contribution in [3.05, 3.63) is 0 Å². The van der Waals surface area contributed by atoms with Crippen molar-refractivity contribution in [3.8, 4) is 0 Å². The second-order valence-corrected chi connectivity index (χ2v) is 5.65. The van der Waals surface area contributed by atoms with Crippen LogP contribution in [0.5, 0.6) is 0 Å². The number of hydrogen-bond acceptors (Lipinski definition) is 2. The first-order valence-electron chi connectivity index (χ1n) is 7.24. The molecule has 1 unspecified atom stereocenters. The van der Waals surface area contributed by atoms with Gasteiger partial charge in [-0.3, -0.25) is 9.69 Å². The van der Waals surface area contributed by atoms with Crippen LogP contribution in [-0.4, -0.2) is 36.5 Å². The number of likely N-dealkylation sites (N-methyl/N-ethyl adjacent to an activating group) is 1. The number of carbonyl (C=O) groups excluding carboxylic acids is 1. The quantitative estimate of drug-likeness (QED) is 0.795. The molecule has 1 atom stereocenters. The van der Waals surface area contributed by atoms with Crippen LogP contribution in [0, 0.1) is 11.8 Å². The fourth-order valence-corrected chi connectivity index (χ4v) is 3.46. The molecule has 0 aromatic carbocycles. The molecule has 0 saturated heterocycles. The Morgan fingerprint density at radius 1 is 1.18 bits per heavy atom. The zero-order valence-corrected chi connectivity index (χ0v) is 11.2. The van der Waals surface area contributed by atoms with E-state index < -0.39 is 0 Å². The summed E-state index contributed by atoms with van der Waals surface area (Å²) in [7, 11) is 0. The summed E-state index contributed by atoms with van der Waals surface area (Å²) in [5.74, 6) is 1.88. The van der Waals surface area contributed by atoms with Crippen molar-refractivity contribution < 1.29 is 4.79 Å². The Hall–Kier alpha value is -0.570. The molecule has 3 heteroatoms. The molecule has 0 aliphatic heterocycles. The fourth-order valence-electron chi connectivity index (χ4n) is 3.46. The smallest absolute Gasteiger partial charge is 0.234 e. The third-order valence-corrected chi connectivity index (χ3v) is 4.66. The third kappa shape index (κ3) is 3.21. The van der Waals surface area contributed by atoms with Gasteiger partial charge in [-0.1, -0.05) is 26.7 Å². The number of nitrogens with zero attached hydrogens (tertiary/aromatic N) is 1. The molecule has 1 amide bonds. The maximum Gasteiger partial charge on any atom is 0.234 e. The summed E-state index contributed by atoms with van der Waals surface area (Å²) >= 11 is 0. The van der Waals surface area contributed by atoms with Gasteiger partial charge in [-0.2, -0.15) is 0 Å². The van der Waals surface area contributed by atoms with Crippen molar-refractivity contribution in [2.24, 2.45) is 11.8 Å². The zero-order valence-electron chi connectivity index (χ0n) is 11.2. The summed E-state index contributed by atoms with van der Waals surface area (Å²) in [6.45, 7) is 6.71. The largest absolute Gasteiger partial charge is 0.352 e. The normalized spacial score (nSPS) is 31.8. The first-order valence-corrected chi connectivity index (χ1v) is 7.24. The van der Waals surface area contributed by atoms with Crippen LogP contribution >= 0.6 is 0 Å². The van der Waals surface area contributed by atoms with Crippen molar-refractivity contribution in [1.82, 2.24) is 10.2 Å². The third-order valence-electron chi connectivity index (χ3n) is 4.66. The van der Waals surface area contributed by atoms with Gasteiger partial charge in [0, 0.05) is 6.04 Å². The van der Waals surface area contributed by atoms with Crippen LogP contribution in [0.4, 0.5) is 0 Å². The number of nitrogens with one attached hydrogen (secondary N) is 1. The average molecular weight is 238 g/mol. The lowest BCUT2D eigenvalue weighted by Crippen LogP contribution is -2.49. The molecule has 3 nitrogen and oxygen atoms in total. The zero-order chi connectivity index (χ0) is 12.3. The number of amides is 1. The van der Waals surface area contributed by atoms with Crippen LogP contribution in [0.1, 0.15) is 46.0 Å². The van der Waals surface area contributed by atoms with E-state index >= 15 is 0 Å². The summed E-state index contributed by atoms with van der Waals surface area (Å²) in [6.07, 6.45) is 6.69. The highest BCUT2D eigenvalue weighted by atomic mass is 16.2. The van der Waals surface area contributed by atoms with Gasteiger partial charge in [0.25, 0.3) is 0 Å². The molecular weight excluding hydrogens is 212 g/mol. The Kier molecular flexibility index (Phi) is 4.43. The van der Waals surface area contributed by atoms with E-state index in [9.17, 15) is 4.79 Å². The minimum absolute atomic E-state index is 0.228. The molecule has 3 aliphatic carbocycles. The topological polar surface area (TPSA) is 32.3 Å². The lowest BCUT2D eigenvalue weighted by atomic mass is 9.68. The van der Waals surface area contributed by atoms with E-state index in [4.69, 9.17) is 0 Å². The average Bonchev–Trinajstić information content (AvgIpc) is 2.37. The Morgan fingerprint density at radius 3 is 2.29 bits per heavy atom. The van der Waals surface area contributed by atoms with Gasteiger partial charge >= 0.3 is 0 Å². The SMILES string of the molecule is CCN(CC)CC(=O)NC1CC2CCC1CC2. The molecule has 0 aromatic heterocycles. The van der Waals surface area contributed by atoms with Crippen molar-refractivity contribution in [3.63, 3.8) is 0 Å². The monoisotopic (exact) mass is 238 g/mol. The highest BCUT2D eigenvalue weighted by molar-refractivity contribution is 5.78. The molecule has 0 radical (unpaired) electrons. The van der Waals surface area contributed by atoms with E-state index in [1.54, 1.807) is 0 Å². The Bertz CT molecular complexity index is 255. The van der Waals surface area contributed by atoms with Crippen molar-refractivity contribution >= 4 is 5.91 Å². The van der Waals surface area contributed by atoms with E-state index in [2.05, 4.69) is 24.1 Å². The van der Waals surface area contributed by atoms with E-state index in [-0.39, 0.29) is 5.91 Å². The van der Waals surface area contributed by atoms with Crippen LogP contribution in [0.2, 0.25) is 0 Å². The van der Waals surface area contributed by atoms with E-state index in [1.165, 1.54) is 32.1 Å². The highest BCUT2D eigenvalue weighted by Crippen LogP contribution is 2.41. The van der Waals surface area contributed by atoms with Gasteiger partial charge in [0.2, 0.25) is 5.91 Å². The van der Waals surface area contributed by atoms with E-state index in [0.717, 1.165) is 24.9 Å².